The number of hydrogen-bond acceptors (Lipinski definition) is 3. The first-order chi connectivity index (χ1) is 10.1. The Kier molecular flexibility index (Phi) is 4.15. The molecular weight excluding hydrogens is 331 g/mol. The maximum atomic E-state index is 6.35. The van der Waals surface area contributed by atoms with Crippen molar-refractivity contribution in [3.05, 3.63) is 70.0 Å². The van der Waals surface area contributed by atoms with Gasteiger partial charge in [-0.1, -0.05) is 58.7 Å². The molecule has 1 atom stereocenters. The zero-order valence-corrected chi connectivity index (χ0v) is 12.9. The van der Waals surface area contributed by atoms with E-state index in [2.05, 4.69) is 10.1 Å². The van der Waals surface area contributed by atoms with Crippen molar-refractivity contribution in [1.29, 1.82) is 0 Å². The van der Waals surface area contributed by atoms with Crippen molar-refractivity contribution in [2.75, 3.05) is 0 Å². The molecule has 2 aromatic carbocycles. The minimum absolute atomic E-state index is 0.337. The average Bonchev–Trinajstić information content (AvgIpc) is 3.00. The van der Waals surface area contributed by atoms with Gasteiger partial charge in [0, 0.05) is 5.56 Å². The molecule has 0 saturated carbocycles. The third kappa shape index (κ3) is 3.05. The van der Waals surface area contributed by atoms with Gasteiger partial charge in [0.2, 0.25) is 11.7 Å². The van der Waals surface area contributed by atoms with Crippen LogP contribution in [0.2, 0.25) is 10.0 Å². The third-order valence-corrected chi connectivity index (χ3v) is 4.11. The van der Waals surface area contributed by atoms with E-state index >= 15 is 0 Å². The molecular formula is C15H9Cl3N2O. The zero-order chi connectivity index (χ0) is 14.8. The summed E-state index contributed by atoms with van der Waals surface area (Å²) in [6.07, 6.45) is 0. The molecule has 3 nitrogen and oxygen atoms in total. The van der Waals surface area contributed by atoms with Gasteiger partial charge < -0.3 is 4.52 Å². The number of nitrogens with zero attached hydrogens (tertiary/aromatic N) is 2. The topological polar surface area (TPSA) is 38.9 Å². The van der Waals surface area contributed by atoms with Crippen LogP contribution >= 0.6 is 34.8 Å². The predicted octanol–water partition coefficient (Wildman–Crippen LogP) is 5.37. The van der Waals surface area contributed by atoms with Crippen LogP contribution in [0.1, 0.15) is 16.8 Å². The lowest BCUT2D eigenvalue weighted by molar-refractivity contribution is 0.383. The van der Waals surface area contributed by atoms with Crippen LogP contribution in [0.5, 0.6) is 0 Å². The fraction of sp³-hybridized carbons (Fsp3) is 0.0667. The van der Waals surface area contributed by atoms with Crippen molar-refractivity contribution in [2.24, 2.45) is 0 Å². The highest BCUT2D eigenvalue weighted by atomic mass is 35.5. The monoisotopic (exact) mass is 338 g/mol. The highest BCUT2D eigenvalue weighted by Gasteiger charge is 2.19. The van der Waals surface area contributed by atoms with Crippen LogP contribution < -0.4 is 0 Å². The van der Waals surface area contributed by atoms with Gasteiger partial charge in [-0.15, -0.1) is 11.6 Å². The van der Waals surface area contributed by atoms with Gasteiger partial charge in [0.25, 0.3) is 0 Å². The summed E-state index contributed by atoms with van der Waals surface area (Å²) >= 11 is 18.2. The molecule has 0 fully saturated rings. The third-order valence-electron chi connectivity index (χ3n) is 2.93. The average molecular weight is 340 g/mol. The lowest BCUT2D eigenvalue weighted by atomic mass is 10.1. The van der Waals surface area contributed by atoms with Gasteiger partial charge in [0.1, 0.15) is 5.38 Å². The van der Waals surface area contributed by atoms with E-state index in [9.17, 15) is 0 Å². The lowest BCUT2D eigenvalue weighted by Gasteiger charge is -2.03. The maximum absolute atomic E-state index is 6.35. The van der Waals surface area contributed by atoms with E-state index in [0.29, 0.717) is 21.8 Å². The molecule has 0 amide bonds. The number of hydrogen-bond donors (Lipinski definition) is 0. The Labute approximate surface area is 136 Å². The van der Waals surface area contributed by atoms with Crippen molar-refractivity contribution < 1.29 is 4.52 Å². The molecule has 3 rings (SSSR count). The van der Waals surface area contributed by atoms with E-state index in [0.717, 1.165) is 11.1 Å². The second-order valence-electron chi connectivity index (χ2n) is 4.36. The van der Waals surface area contributed by atoms with Crippen molar-refractivity contribution in [2.45, 2.75) is 5.38 Å². The summed E-state index contributed by atoms with van der Waals surface area (Å²) in [5.41, 5.74) is 1.61. The molecule has 0 aliphatic carbocycles. The molecule has 0 aliphatic heterocycles. The molecule has 6 heteroatoms. The number of alkyl halides is 1. The first-order valence-electron chi connectivity index (χ1n) is 6.13. The Balaban J connectivity index is 1.91. The molecule has 1 heterocycles. The smallest absolute Gasteiger partial charge is 0.249 e. The Morgan fingerprint density at radius 3 is 2.43 bits per heavy atom. The fourth-order valence-corrected chi connectivity index (χ4v) is 2.39. The zero-order valence-electron chi connectivity index (χ0n) is 10.6. The quantitative estimate of drug-likeness (QED) is 0.602. The van der Waals surface area contributed by atoms with Crippen LogP contribution in [0.4, 0.5) is 0 Å². The van der Waals surface area contributed by atoms with E-state index in [4.69, 9.17) is 39.3 Å². The van der Waals surface area contributed by atoms with Gasteiger partial charge in [0.05, 0.1) is 10.0 Å². The maximum Gasteiger partial charge on any atom is 0.249 e. The van der Waals surface area contributed by atoms with Crippen molar-refractivity contribution in [3.8, 4) is 11.4 Å². The van der Waals surface area contributed by atoms with E-state index < -0.39 is 5.38 Å². The second-order valence-corrected chi connectivity index (χ2v) is 5.61. The summed E-state index contributed by atoms with van der Waals surface area (Å²) in [7, 11) is 0. The standard InChI is InChI=1S/C15H9Cl3N2O/c16-11-7-6-10(8-12(11)17)14-19-15(21-20-14)13(18)9-4-2-1-3-5-9/h1-8,13H. The van der Waals surface area contributed by atoms with Gasteiger partial charge in [0.15, 0.2) is 0 Å². The summed E-state index contributed by atoms with van der Waals surface area (Å²) in [5.74, 6) is 0.758. The molecule has 0 N–H and O–H groups in total. The Bertz CT molecular complexity index is 759. The summed E-state index contributed by atoms with van der Waals surface area (Å²) in [4.78, 5) is 4.32. The summed E-state index contributed by atoms with van der Waals surface area (Å²) in [6, 6.07) is 14.7. The molecule has 21 heavy (non-hydrogen) atoms. The summed E-state index contributed by atoms with van der Waals surface area (Å²) in [6.45, 7) is 0. The molecule has 0 saturated heterocycles. The first kappa shape index (κ1) is 14.4. The van der Waals surface area contributed by atoms with E-state index in [1.165, 1.54) is 0 Å². The molecule has 1 unspecified atom stereocenters. The van der Waals surface area contributed by atoms with Crippen LogP contribution in [0.25, 0.3) is 11.4 Å². The molecule has 0 aliphatic rings. The fourth-order valence-electron chi connectivity index (χ4n) is 1.86. The molecule has 106 valence electrons. The summed E-state index contributed by atoms with van der Waals surface area (Å²) < 4.78 is 5.24. The highest BCUT2D eigenvalue weighted by Crippen LogP contribution is 2.31. The SMILES string of the molecule is Clc1ccc(-c2noc(C(Cl)c3ccccc3)n2)cc1Cl. The van der Waals surface area contributed by atoms with Gasteiger partial charge >= 0.3 is 0 Å². The Hall–Kier alpha value is -1.55. The van der Waals surface area contributed by atoms with Crippen molar-refractivity contribution in [1.82, 2.24) is 10.1 Å². The number of aromatic nitrogens is 2. The number of halogens is 3. The van der Waals surface area contributed by atoms with Crippen LogP contribution in [0.3, 0.4) is 0 Å². The highest BCUT2D eigenvalue weighted by molar-refractivity contribution is 6.42. The van der Waals surface area contributed by atoms with E-state index in [-0.39, 0.29) is 0 Å². The minimum atomic E-state index is -0.491. The van der Waals surface area contributed by atoms with Crippen LogP contribution in [-0.4, -0.2) is 10.1 Å². The summed E-state index contributed by atoms with van der Waals surface area (Å²) in [5, 5.41) is 4.35. The molecule has 0 bridgehead atoms. The number of rotatable bonds is 3. The normalized spacial score (nSPS) is 12.3. The lowest BCUT2D eigenvalue weighted by Crippen LogP contribution is -1.93. The van der Waals surface area contributed by atoms with Gasteiger partial charge in [-0.25, -0.2) is 0 Å². The molecule has 0 radical (unpaired) electrons. The van der Waals surface area contributed by atoms with Gasteiger partial charge in [-0.3, -0.25) is 0 Å². The van der Waals surface area contributed by atoms with Gasteiger partial charge in [-0.05, 0) is 23.8 Å². The number of benzene rings is 2. The predicted molar refractivity (Wildman–Crippen MR) is 83.9 cm³/mol. The Morgan fingerprint density at radius 2 is 1.71 bits per heavy atom. The van der Waals surface area contributed by atoms with Crippen LogP contribution in [0.15, 0.2) is 53.1 Å². The molecule has 3 aromatic rings. The molecule has 1 aromatic heterocycles. The van der Waals surface area contributed by atoms with Gasteiger partial charge in [-0.2, -0.15) is 4.98 Å². The van der Waals surface area contributed by atoms with E-state index in [1.807, 2.05) is 30.3 Å². The Morgan fingerprint density at radius 1 is 0.952 bits per heavy atom. The first-order valence-corrected chi connectivity index (χ1v) is 7.32. The minimum Gasteiger partial charge on any atom is -0.337 e. The second kappa shape index (κ2) is 6.06. The van der Waals surface area contributed by atoms with Crippen molar-refractivity contribution >= 4 is 34.8 Å². The van der Waals surface area contributed by atoms with Crippen molar-refractivity contribution in [3.63, 3.8) is 0 Å². The van der Waals surface area contributed by atoms with E-state index in [1.54, 1.807) is 18.2 Å². The molecule has 0 spiro atoms. The van der Waals surface area contributed by atoms with Crippen LogP contribution in [0, 0.1) is 0 Å². The van der Waals surface area contributed by atoms with Crippen LogP contribution in [-0.2, 0) is 0 Å². The largest absolute Gasteiger partial charge is 0.337 e.